The summed E-state index contributed by atoms with van der Waals surface area (Å²) in [7, 11) is 0. The van der Waals surface area contributed by atoms with E-state index in [9.17, 15) is 4.79 Å². The van der Waals surface area contributed by atoms with Crippen LogP contribution in [-0.4, -0.2) is 21.5 Å². The Morgan fingerprint density at radius 1 is 1.23 bits per heavy atom. The van der Waals surface area contributed by atoms with Gasteiger partial charge in [-0.1, -0.05) is 30.3 Å². The Hall–Kier alpha value is -2.95. The summed E-state index contributed by atoms with van der Waals surface area (Å²) >= 11 is 0. The standard InChI is InChI=1S/C17H16N4O/c1-12-8-9-21-15(10-12)19-13(2)16(21)17(22)20-18-11-14-6-4-3-5-7-14/h3-11H,1-2H3,(H,20,22)/b18-11+. The third kappa shape index (κ3) is 2.74. The average Bonchev–Trinajstić information content (AvgIpc) is 2.83. The van der Waals surface area contributed by atoms with E-state index in [0.29, 0.717) is 11.4 Å². The normalized spacial score (nSPS) is 11.2. The second-order valence-corrected chi connectivity index (χ2v) is 5.09. The molecule has 0 bridgehead atoms. The minimum Gasteiger partial charge on any atom is -0.295 e. The molecule has 1 N–H and O–H groups in total. The molecule has 0 fully saturated rings. The molecule has 5 nitrogen and oxygen atoms in total. The highest BCUT2D eigenvalue weighted by Crippen LogP contribution is 2.13. The van der Waals surface area contributed by atoms with Crippen molar-refractivity contribution in [1.82, 2.24) is 14.8 Å². The molecule has 0 spiro atoms. The van der Waals surface area contributed by atoms with E-state index < -0.39 is 0 Å². The molecule has 3 rings (SSSR count). The van der Waals surface area contributed by atoms with Crippen molar-refractivity contribution >= 4 is 17.8 Å². The number of pyridine rings is 1. The van der Waals surface area contributed by atoms with Gasteiger partial charge in [0.25, 0.3) is 5.91 Å². The van der Waals surface area contributed by atoms with Gasteiger partial charge in [0, 0.05) is 6.20 Å². The summed E-state index contributed by atoms with van der Waals surface area (Å²) in [5.74, 6) is -0.277. The van der Waals surface area contributed by atoms with Crippen LogP contribution in [0.5, 0.6) is 0 Å². The number of aromatic nitrogens is 2. The predicted molar refractivity (Wildman–Crippen MR) is 86.2 cm³/mol. The van der Waals surface area contributed by atoms with Gasteiger partial charge < -0.3 is 0 Å². The molecule has 0 aliphatic carbocycles. The molecule has 2 heterocycles. The zero-order valence-corrected chi connectivity index (χ0v) is 12.4. The number of amides is 1. The van der Waals surface area contributed by atoms with Crippen molar-refractivity contribution < 1.29 is 4.79 Å². The molecule has 1 aromatic carbocycles. The van der Waals surface area contributed by atoms with Crippen molar-refractivity contribution in [3.05, 3.63) is 71.2 Å². The van der Waals surface area contributed by atoms with Crippen LogP contribution in [0.1, 0.15) is 27.3 Å². The fourth-order valence-corrected chi connectivity index (χ4v) is 2.30. The summed E-state index contributed by atoms with van der Waals surface area (Å²) in [4.78, 5) is 16.7. The third-order valence-corrected chi connectivity index (χ3v) is 3.35. The second-order valence-electron chi connectivity index (χ2n) is 5.09. The SMILES string of the molecule is Cc1ccn2c(C(=O)N/N=C/c3ccccc3)c(C)nc2c1. The first-order valence-electron chi connectivity index (χ1n) is 6.99. The highest BCUT2D eigenvalue weighted by Gasteiger charge is 2.15. The van der Waals surface area contributed by atoms with Gasteiger partial charge in [0.2, 0.25) is 0 Å². The van der Waals surface area contributed by atoms with Gasteiger partial charge in [-0.05, 0) is 37.1 Å². The quantitative estimate of drug-likeness (QED) is 0.596. The molecule has 0 saturated carbocycles. The number of imidazole rings is 1. The van der Waals surface area contributed by atoms with Gasteiger partial charge in [-0.2, -0.15) is 5.10 Å². The number of hydrogen-bond donors (Lipinski definition) is 1. The predicted octanol–water partition coefficient (Wildman–Crippen LogP) is 2.72. The van der Waals surface area contributed by atoms with Gasteiger partial charge in [0.05, 0.1) is 11.9 Å². The molecule has 1 amide bonds. The fourth-order valence-electron chi connectivity index (χ4n) is 2.30. The van der Waals surface area contributed by atoms with Crippen LogP contribution in [0.3, 0.4) is 0 Å². The zero-order valence-electron chi connectivity index (χ0n) is 12.4. The zero-order chi connectivity index (χ0) is 15.5. The molecule has 0 saturated heterocycles. The van der Waals surface area contributed by atoms with E-state index in [-0.39, 0.29) is 5.91 Å². The van der Waals surface area contributed by atoms with Crippen LogP contribution in [-0.2, 0) is 0 Å². The van der Waals surface area contributed by atoms with E-state index in [2.05, 4.69) is 15.5 Å². The molecule has 5 heteroatoms. The number of carbonyl (C=O) groups excluding carboxylic acids is 1. The van der Waals surface area contributed by atoms with Crippen molar-refractivity contribution in [1.29, 1.82) is 0 Å². The molecule has 0 aliphatic heterocycles. The molecule has 0 unspecified atom stereocenters. The topological polar surface area (TPSA) is 58.8 Å². The van der Waals surface area contributed by atoms with Gasteiger partial charge in [-0.3, -0.25) is 9.20 Å². The van der Waals surface area contributed by atoms with Gasteiger partial charge >= 0.3 is 0 Å². The van der Waals surface area contributed by atoms with Gasteiger partial charge in [-0.25, -0.2) is 10.4 Å². The highest BCUT2D eigenvalue weighted by molar-refractivity contribution is 5.95. The average molecular weight is 292 g/mol. The number of benzene rings is 1. The lowest BCUT2D eigenvalue weighted by molar-refractivity contribution is 0.0948. The van der Waals surface area contributed by atoms with Crippen LogP contribution in [0.2, 0.25) is 0 Å². The van der Waals surface area contributed by atoms with Crippen molar-refractivity contribution in [3.8, 4) is 0 Å². The molecular weight excluding hydrogens is 276 g/mol. The Bertz CT molecular complexity index is 850. The van der Waals surface area contributed by atoms with E-state index in [0.717, 1.165) is 16.8 Å². The number of aryl methyl sites for hydroxylation is 2. The lowest BCUT2D eigenvalue weighted by Crippen LogP contribution is -2.20. The van der Waals surface area contributed by atoms with E-state index in [1.165, 1.54) is 0 Å². The first kappa shape index (κ1) is 14.0. The number of fused-ring (bicyclic) bond motifs is 1. The van der Waals surface area contributed by atoms with Gasteiger partial charge in [0.15, 0.2) is 0 Å². The van der Waals surface area contributed by atoms with Crippen molar-refractivity contribution in [2.24, 2.45) is 5.10 Å². The van der Waals surface area contributed by atoms with Crippen LogP contribution in [0, 0.1) is 13.8 Å². The molecule has 0 radical (unpaired) electrons. The summed E-state index contributed by atoms with van der Waals surface area (Å²) in [6, 6.07) is 13.5. The van der Waals surface area contributed by atoms with Crippen LogP contribution in [0.4, 0.5) is 0 Å². The maximum absolute atomic E-state index is 12.3. The molecule has 0 atom stereocenters. The lowest BCUT2D eigenvalue weighted by atomic mass is 10.2. The smallest absolute Gasteiger partial charge is 0.290 e. The molecule has 2 aromatic heterocycles. The summed E-state index contributed by atoms with van der Waals surface area (Å²) in [6.45, 7) is 3.81. The number of rotatable bonds is 3. The van der Waals surface area contributed by atoms with Crippen molar-refractivity contribution in [2.45, 2.75) is 13.8 Å². The van der Waals surface area contributed by atoms with Crippen LogP contribution >= 0.6 is 0 Å². The van der Waals surface area contributed by atoms with Crippen molar-refractivity contribution in [2.75, 3.05) is 0 Å². The Morgan fingerprint density at radius 2 is 2.00 bits per heavy atom. The largest absolute Gasteiger partial charge is 0.295 e. The summed E-state index contributed by atoms with van der Waals surface area (Å²) in [5, 5.41) is 4.00. The molecule has 22 heavy (non-hydrogen) atoms. The minimum absolute atomic E-state index is 0.277. The molecular formula is C17H16N4O. The summed E-state index contributed by atoms with van der Waals surface area (Å²) in [5.41, 5.74) is 6.52. The van der Waals surface area contributed by atoms with Crippen molar-refractivity contribution in [3.63, 3.8) is 0 Å². The van der Waals surface area contributed by atoms with Gasteiger partial charge in [0.1, 0.15) is 11.3 Å². The lowest BCUT2D eigenvalue weighted by Gasteiger charge is -2.02. The maximum Gasteiger partial charge on any atom is 0.290 e. The molecule has 0 aliphatic rings. The number of hydrazone groups is 1. The number of hydrogen-bond acceptors (Lipinski definition) is 3. The number of nitrogens with zero attached hydrogens (tertiary/aromatic N) is 3. The van der Waals surface area contributed by atoms with Crippen LogP contribution in [0.15, 0.2) is 53.8 Å². The fraction of sp³-hybridized carbons (Fsp3) is 0.118. The Labute approximate surface area is 128 Å². The third-order valence-electron chi connectivity index (χ3n) is 3.35. The Morgan fingerprint density at radius 3 is 2.77 bits per heavy atom. The first-order chi connectivity index (χ1) is 10.6. The molecule has 3 aromatic rings. The highest BCUT2D eigenvalue weighted by atomic mass is 16.2. The number of carbonyl (C=O) groups is 1. The van der Waals surface area contributed by atoms with E-state index in [1.807, 2.05) is 62.5 Å². The summed E-state index contributed by atoms with van der Waals surface area (Å²) in [6.07, 6.45) is 3.46. The monoisotopic (exact) mass is 292 g/mol. The van der Waals surface area contributed by atoms with E-state index >= 15 is 0 Å². The minimum atomic E-state index is -0.277. The van der Waals surface area contributed by atoms with Gasteiger partial charge in [-0.15, -0.1) is 0 Å². The Balaban J connectivity index is 1.83. The first-order valence-corrected chi connectivity index (χ1v) is 6.99. The van der Waals surface area contributed by atoms with E-state index in [4.69, 9.17) is 0 Å². The number of nitrogens with one attached hydrogen (secondary N) is 1. The Kier molecular flexibility index (Phi) is 3.70. The van der Waals surface area contributed by atoms with Crippen LogP contribution < -0.4 is 5.43 Å². The van der Waals surface area contributed by atoms with Crippen LogP contribution in [0.25, 0.3) is 5.65 Å². The summed E-state index contributed by atoms with van der Waals surface area (Å²) < 4.78 is 1.77. The molecule has 110 valence electrons. The maximum atomic E-state index is 12.3. The van der Waals surface area contributed by atoms with E-state index in [1.54, 1.807) is 10.6 Å². The second kappa shape index (κ2) is 5.81.